The highest BCUT2D eigenvalue weighted by Gasteiger charge is 2.52. The van der Waals surface area contributed by atoms with Crippen molar-refractivity contribution in [3.05, 3.63) is 0 Å². The molecule has 5 aliphatic rings. The molecular weight excluding hydrogens is 528 g/mol. The minimum atomic E-state index is -0.0873. The quantitative estimate of drug-likeness (QED) is 0.438. The number of amidine groups is 1. The fourth-order valence-electron chi connectivity index (χ4n) is 8.24. The van der Waals surface area contributed by atoms with E-state index in [0.717, 1.165) is 50.8 Å². The average molecular weight is 579 g/mol. The lowest BCUT2D eigenvalue weighted by Gasteiger charge is -2.44. The molecule has 1 N–H and O–H groups in total. The van der Waals surface area contributed by atoms with E-state index >= 15 is 0 Å². The van der Waals surface area contributed by atoms with E-state index in [0.29, 0.717) is 30.8 Å². The summed E-state index contributed by atoms with van der Waals surface area (Å²) in [6.45, 7) is 7.67. The Bertz CT molecular complexity index is 923. The molecule has 7 atom stereocenters. The lowest BCUT2D eigenvalue weighted by molar-refractivity contribution is -0.123. The molecule has 9 heteroatoms. The first-order chi connectivity index (χ1) is 19.2. The smallest absolute Gasteiger partial charge is 0.326 e. The molecular formula is C31H51ClN4O4. The van der Waals surface area contributed by atoms with E-state index in [1.54, 1.807) is 12.0 Å². The lowest BCUT2D eigenvalue weighted by atomic mass is 9.72. The average Bonchev–Trinajstić information content (AvgIpc) is 3.33. The second-order valence-electron chi connectivity index (χ2n) is 13.4. The van der Waals surface area contributed by atoms with Gasteiger partial charge < -0.3 is 19.7 Å². The summed E-state index contributed by atoms with van der Waals surface area (Å²) in [5, 5.41) is 3.10. The van der Waals surface area contributed by atoms with Gasteiger partial charge in [0.1, 0.15) is 12.4 Å². The Morgan fingerprint density at radius 3 is 2.50 bits per heavy atom. The summed E-state index contributed by atoms with van der Waals surface area (Å²) in [6, 6.07) is 0.0685. The molecule has 0 aromatic rings. The third-order valence-corrected chi connectivity index (χ3v) is 10.6. The first-order valence-electron chi connectivity index (χ1n) is 16.0. The monoisotopic (exact) mass is 578 g/mol. The first kappa shape index (κ1) is 30.1. The topological polar surface area (TPSA) is 83.5 Å². The highest BCUT2D eigenvalue weighted by atomic mass is 35.5. The van der Waals surface area contributed by atoms with Crippen molar-refractivity contribution in [3.63, 3.8) is 0 Å². The number of nitrogens with one attached hydrogen (secondary N) is 1. The Labute approximate surface area is 245 Å². The van der Waals surface area contributed by atoms with Gasteiger partial charge in [-0.1, -0.05) is 19.8 Å². The van der Waals surface area contributed by atoms with E-state index < -0.39 is 0 Å². The van der Waals surface area contributed by atoms with Gasteiger partial charge in [-0.25, -0.2) is 4.79 Å². The van der Waals surface area contributed by atoms with Crippen LogP contribution in [-0.4, -0.2) is 90.1 Å². The van der Waals surface area contributed by atoms with Crippen molar-refractivity contribution >= 4 is 29.4 Å². The standard InChI is InChI=1S/C31H51ClN4O4/c1-19(2)40-26-17-24(39-4)12-13-25(26)30-34-28(22-7-5-6-20(3)16-22)29(21-8-10-23(32)11-9-21)36(30)31(38)35-15-14-33-27(37)18-35/h19-26,28-29H,5-18H2,1-4H3,(H,33,37)/t20?,21?,22?,23?,24?,25?,26?,28-,29+/m1/s1. The maximum atomic E-state index is 14.6. The van der Waals surface area contributed by atoms with Crippen LogP contribution in [0.5, 0.6) is 0 Å². The second kappa shape index (κ2) is 13.3. The molecule has 0 spiro atoms. The summed E-state index contributed by atoms with van der Waals surface area (Å²) in [4.78, 5) is 36.4. The molecule has 3 saturated carbocycles. The van der Waals surface area contributed by atoms with Crippen molar-refractivity contribution in [3.8, 4) is 0 Å². The van der Waals surface area contributed by atoms with Gasteiger partial charge in [0.05, 0.1) is 30.4 Å². The predicted octanol–water partition coefficient (Wildman–Crippen LogP) is 5.22. The van der Waals surface area contributed by atoms with Crippen LogP contribution in [0.3, 0.4) is 0 Å². The van der Waals surface area contributed by atoms with Crippen LogP contribution in [0.15, 0.2) is 4.99 Å². The molecule has 5 rings (SSSR count). The number of alkyl halides is 1. The highest BCUT2D eigenvalue weighted by molar-refractivity contribution is 6.20. The molecule has 0 aromatic heterocycles. The molecule has 2 aliphatic heterocycles. The Morgan fingerprint density at radius 1 is 1.05 bits per heavy atom. The normalized spacial score (nSPS) is 39.3. The zero-order chi connectivity index (χ0) is 28.4. The van der Waals surface area contributed by atoms with E-state index in [1.807, 2.05) is 0 Å². The van der Waals surface area contributed by atoms with Gasteiger partial charge in [-0.05, 0) is 83.0 Å². The minimum Gasteiger partial charge on any atom is -0.381 e. The van der Waals surface area contributed by atoms with Gasteiger partial charge in [-0.2, -0.15) is 0 Å². The van der Waals surface area contributed by atoms with Gasteiger partial charge in [0, 0.05) is 37.9 Å². The number of aliphatic imine (C=N–C) groups is 1. The zero-order valence-corrected chi connectivity index (χ0v) is 25.8. The largest absolute Gasteiger partial charge is 0.381 e. The zero-order valence-electron chi connectivity index (χ0n) is 25.0. The van der Waals surface area contributed by atoms with Crippen molar-refractivity contribution in [2.75, 3.05) is 26.7 Å². The van der Waals surface area contributed by atoms with E-state index in [4.69, 9.17) is 26.1 Å². The minimum absolute atomic E-state index is 0.0202. The summed E-state index contributed by atoms with van der Waals surface area (Å²) in [6.07, 6.45) is 11.6. The number of urea groups is 1. The van der Waals surface area contributed by atoms with Crippen LogP contribution < -0.4 is 5.32 Å². The van der Waals surface area contributed by atoms with Gasteiger partial charge in [0.25, 0.3) is 0 Å². The Kier molecular flexibility index (Phi) is 9.99. The van der Waals surface area contributed by atoms with Gasteiger partial charge in [-0.3, -0.25) is 14.7 Å². The summed E-state index contributed by atoms with van der Waals surface area (Å²) >= 11 is 6.58. The summed E-state index contributed by atoms with van der Waals surface area (Å²) in [5.74, 6) is 2.38. The Morgan fingerprint density at radius 2 is 1.82 bits per heavy atom. The molecule has 3 amide bonds. The second-order valence-corrected chi connectivity index (χ2v) is 14.1. The fraction of sp³-hybridized carbons (Fsp3) is 0.903. The number of carbonyl (C=O) groups is 2. The predicted molar refractivity (Wildman–Crippen MR) is 158 cm³/mol. The summed E-state index contributed by atoms with van der Waals surface area (Å²) in [5.41, 5.74) is 0. The molecule has 40 heavy (non-hydrogen) atoms. The molecule has 226 valence electrons. The number of ether oxygens (including phenoxy) is 2. The molecule has 0 aromatic carbocycles. The van der Waals surface area contributed by atoms with Crippen LogP contribution in [0.25, 0.3) is 0 Å². The number of amides is 3. The molecule has 1 saturated heterocycles. The maximum absolute atomic E-state index is 14.6. The van der Waals surface area contributed by atoms with E-state index in [1.165, 1.54) is 25.7 Å². The van der Waals surface area contributed by atoms with E-state index in [-0.39, 0.29) is 60.2 Å². The molecule has 4 fully saturated rings. The SMILES string of the molecule is COC1CCC(C2=N[C@H](C3CCCC(C)C3)[C@H](C3CCC(Cl)CC3)N2C(=O)N2CCNC(=O)C2)C(OC(C)C)C1. The molecule has 0 radical (unpaired) electrons. The van der Waals surface area contributed by atoms with Crippen molar-refractivity contribution < 1.29 is 19.1 Å². The molecule has 5 unspecified atom stereocenters. The van der Waals surface area contributed by atoms with Crippen LogP contribution in [0.4, 0.5) is 4.79 Å². The summed E-state index contributed by atoms with van der Waals surface area (Å²) in [7, 11) is 1.78. The molecule has 0 bridgehead atoms. The first-order valence-corrected chi connectivity index (χ1v) is 16.4. The third-order valence-electron chi connectivity index (χ3n) is 10.2. The van der Waals surface area contributed by atoms with Crippen molar-refractivity contribution in [1.29, 1.82) is 0 Å². The number of carbonyl (C=O) groups excluding carboxylic acids is 2. The van der Waals surface area contributed by atoms with Crippen LogP contribution in [0, 0.1) is 23.7 Å². The van der Waals surface area contributed by atoms with Crippen molar-refractivity contribution in [1.82, 2.24) is 15.1 Å². The number of hydrogen-bond donors (Lipinski definition) is 1. The highest BCUT2D eigenvalue weighted by Crippen LogP contribution is 2.45. The number of rotatable bonds is 6. The maximum Gasteiger partial charge on any atom is 0.326 e. The van der Waals surface area contributed by atoms with Crippen LogP contribution >= 0.6 is 11.6 Å². The summed E-state index contributed by atoms with van der Waals surface area (Å²) < 4.78 is 12.3. The number of hydrogen-bond acceptors (Lipinski definition) is 5. The third kappa shape index (κ3) is 6.64. The molecule has 3 aliphatic carbocycles. The number of nitrogens with zero attached hydrogens (tertiary/aromatic N) is 3. The van der Waals surface area contributed by atoms with Crippen LogP contribution in [-0.2, 0) is 14.3 Å². The van der Waals surface area contributed by atoms with Crippen molar-refractivity contribution in [2.45, 2.75) is 127 Å². The van der Waals surface area contributed by atoms with Crippen LogP contribution in [0.2, 0.25) is 0 Å². The van der Waals surface area contributed by atoms with Gasteiger partial charge >= 0.3 is 6.03 Å². The van der Waals surface area contributed by atoms with E-state index in [9.17, 15) is 9.59 Å². The fourth-order valence-corrected chi connectivity index (χ4v) is 8.49. The van der Waals surface area contributed by atoms with Crippen molar-refractivity contribution in [2.24, 2.45) is 28.7 Å². The van der Waals surface area contributed by atoms with Gasteiger partial charge in [0.2, 0.25) is 5.91 Å². The lowest BCUT2D eigenvalue weighted by Crippen LogP contribution is -2.60. The Hall–Kier alpha value is -1.38. The molecule has 8 nitrogen and oxygen atoms in total. The number of methoxy groups -OCH3 is 1. The number of halogens is 1. The van der Waals surface area contributed by atoms with E-state index in [2.05, 4.69) is 31.0 Å². The number of piperazine rings is 1. The van der Waals surface area contributed by atoms with Crippen LogP contribution in [0.1, 0.15) is 91.4 Å². The molecule has 2 heterocycles. The van der Waals surface area contributed by atoms with Gasteiger partial charge in [0.15, 0.2) is 0 Å². The Balaban J connectivity index is 1.54. The van der Waals surface area contributed by atoms with Gasteiger partial charge in [-0.15, -0.1) is 11.6 Å².